The number of thiophene rings is 1. The van der Waals surface area contributed by atoms with Crippen LogP contribution in [0.25, 0.3) is 186 Å². The third kappa shape index (κ3) is 9.58. The molecule has 0 aliphatic carbocycles. The van der Waals surface area contributed by atoms with Gasteiger partial charge in [0.2, 0.25) is 0 Å². The molecule has 16 aromatic carbocycles. The van der Waals surface area contributed by atoms with E-state index in [9.17, 15) is 0 Å². The van der Waals surface area contributed by atoms with Crippen molar-refractivity contribution in [2.45, 2.75) is 0 Å². The molecule has 0 unspecified atom stereocenters. The summed E-state index contributed by atoms with van der Waals surface area (Å²) in [6, 6.07) is 137. The summed E-state index contributed by atoms with van der Waals surface area (Å²) in [4.78, 5) is 0. The zero-order valence-electron chi connectivity index (χ0n) is 55.0. The Morgan fingerprint density at radius 1 is 0.168 bits per heavy atom. The Balaban J connectivity index is 0.000000136. The van der Waals surface area contributed by atoms with Crippen LogP contribution in [0, 0.1) is 0 Å². The average molecular weight is 1300 g/mol. The van der Waals surface area contributed by atoms with Gasteiger partial charge >= 0.3 is 0 Å². The first-order valence-electron chi connectivity index (χ1n) is 34.6. The molecule has 0 aliphatic rings. The molecule has 21 rings (SSSR count). The number of aromatic nitrogens is 4. The quantitative estimate of drug-likeness (QED) is 0.137. The molecule has 0 radical (unpaired) electrons. The maximum absolute atomic E-state index is 2.49. The van der Waals surface area contributed by atoms with E-state index >= 15 is 0 Å². The molecule has 0 N–H and O–H groups in total. The summed E-state index contributed by atoms with van der Waals surface area (Å²) in [5.41, 5.74) is 26.6. The van der Waals surface area contributed by atoms with Crippen LogP contribution in [0.5, 0.6) is 0 Å². The molecule has 4 nitrogen and oxygen atoms in total. The van der Waals surface area contributed by atoms with Crippen molar-refractivity contribution in [2.75, 3.05) is 0 Å². The van der Waals surface area contributed by atoms with Crippen LogP contribution in [0.3, 0.4) is 0 Å². The standard InChI is InChI=1S/C48H30N2S.C48H32N2/c1-2-13-31(14-3-1)32-27-29-33(30-28-32)49-39-20-7-4-15-36(39)46-34(18-10-22-41(46)49)35-19-11-23-42-47(35)37-16-5-8-21-40(37)50(42)43-24-12-26-45-48(43)38-17-6-9-25-44(38)51-45;1-3-12-33(13-4-1)34-22-24-35(25-23-34)36-14-11-17-40(30-36)50-46-21-10-8-19-42(46)44-32-38(27-29-48(44)50)37-26-28-47-43(31-37)41-18-7-9-20-45(41)49(47)39-15-5-2-6-16-39/h1-30H;1-32H. The van der Waals surface area contributed by atoms with E-state index in [-0.39, 0.29) is 0 Å². The number of hydrogen-bond acceptors (Lipinski definition) is 1. The number of nitrogens with zero attached hydrogens (tertiary/aromatic N) is 4. The minimum absolute atomic E-state index is 1.16. The van der Waals surface area contributed by atoms with Crippen LogP contribution < -0.4 is 0 Å². The summed E-state index contributed by atoms with van der Waals surface area (Å²) in [6.45, 7) is 0. The van der Waals surface area contributed by atoms with Crippen LogP contribution in [-0.2, 0) is 0 Å². The summed E-state index contributed by atoms with van der Waals surface area (Å²) in [6.07, 6.45) is 0. The monoisotopic (exact) mass is 1300 g/mol. The maximum atomic E-state index is 2.49. The normalized spacial score (nSPS) is 11.8. The van der Waals surface area contributed by atoms with E-state index in [4.69, 9.17) is 0 Å². The zero-order chi connectivity index (χ0) is 66.5. The lowest BCUT2D eigenvalue weighted by atomic mass is 9.95. The van der Waals surface area contributed by atoms with Crippen LogP contribution >= 0.6 is 11.3 Å². The lowest BCUT2D eigenvalue weighted by Gasteiger charge is -2.12. The first-order chi connectivity index (χ1) is 50.1. The second kappa shape index (κ2) is 23.9. The van der Waals surface area contributed by atoms with E-state index in [1.165, 1.54) is 174 Å². The minimum atomic E-state index is 1.16. The predicted octanol–water partition coefficient (Wildman–Crippen LogP) is 26.5. The van der Waals surface area contributed by atoms with Crippen molar-refractivity contribution in [3.05, 3.63) is 376 Å². The molecular formula is C96H62N4S. The highest BCUT2D eigenvalue weighted by Crippen LogP contribution is 2.47. The van der Waals surface area contributed by atoms with Gasteiger partial charge < -0.3 is 18.3 Å². The molecule has 0 atom stereocenters. The molecule has 0 spiro atoms. The Hall–Kier alpha value is -13.1. The van der Waals surface area contributed by atoms with Crippen LogP contribution in [0.1, 0.15) is 0 Å². The van der Waals surface area contributed by atoms with Gasteiger partial charge in [0.05, 0.1) is 49.8 Å². The van der Waals surface area contributed by atoms with Gasteiger partial charge in [-0.25, -0.2) is 0 Å². The van der Waals surface area contributed by atoms with Crippen LogP contribution in [-0.4, -0.2) is 18.3 Å². The fraction of sp³-hybridized carbons (Fsp3) is 0. The van der Waals surface area contributed by atoms with Crippen LogP contribution in [0.2, 0.25) is 0 Å². The second-order valence-corrected chi connectivity index (χ2v) is 27.3. The Labute approximate surface area is 587 Å². The lowest BCUT2D eigenvalue weighted by Crippen LogP contribution is -1.94. The average Bonchev–Trinajstić information content (AvgIpc) is 1.57. The fourth-order valence-electron chi connectivity index (χ4n) is 16.1. The number of hydrogen-bond donors (Lipinski definition) is 0. The lowest BCUT2D eigenvalue weighted by molar-refractivity contribution is 1.18. The number of para-hydroxylation sites is 5. The molecule has 0 aliphatic heterocycles. The van der Waals surface area contributed by atoms with E-state index in [2.05, 4.69) is 394 Å². The Morgan fingerprint density at radius 2 is 0.505 bits per heavy atom. The van der Waals surface area contributed by atoms with Gasteiger partial charge in [0.25, 0.3) is 0 Å². The number of benzene rings is 16. The predicted molar refractivity (Wildman–Crippen MR) is 430 cm³/mol. The van der Waals surface area contributed by atoms with Gasteiger partial charge in [0.1, 0.15) is 0 Å². The first-order valence-corrected chi connectivity index (χ1v) is 35.4. The van der Waals surface area contributed by atoms with Crippen molar-refractivity contribution in [3.8, 4) is 78.4 Å². The van der Waals surface area contributed by atoms with Gasteiger partial charge in [-0.05, 0) is 171 Å². The molecule has 0 amide bonds. The summed E-state index contributed by atoms with van der Waals surface area (Å²) in [5, 5.41) is 12.7. The highest BCUT2D eigenvalue weighted by molar-refractivity contribution is 7.25. The Bertz CT molecular complexity index is 6790. The van der Waals surface area contributed by atoms with E-state index in [1.54, 1.807) is 0 Å². The summed E-state index contributed by atoms with van der Waals surface area (Å²) in [7, 11) is 0. The highest BCUT2D eigenvalue weighted by atomic mass is 32.1. The molecule has 5 heterocycles. The Morgan fingerprint density at radius 3 is 1.08 bits per heavy atom. The van der Waals surface area contributed by atoms with Gasteiger partial charge in [0, 0.05) is 80.3 Å². The van der Waals surface area contributed by atoms with Crippen molar-refractivity contribution in [1.29, 1.82) is 0 Å². The molecule has 21 aromatic rings. The van der Waals surface area contributed by atoms with Gasteiger partial charge in [0.15, 0.2) is 0 Å². The van der Waals surface area contributed by atoms with Crippen LogP contribution in [0.4, 0.5) is 0 Å². The molecule has 0 saturated heterocycles. The highest BCUT2D eigenvalue weighted by Gasteiger charge is 2.23. The van der Waals surface area contributed by atoms with Gasteiger partial charge in [-0.3, -0.25) is 0 Å². The summed E-state index contributed by atoms with van der Waals surface area (Å²) < 4.78 is 12.3. The van der Waals surface area contributed by atoms with Gasteiger partial charge in [-0.15, -0.1) is 11.3 Å². The SMILES string of the molecule is c1ccc(-c2ccc(-c3cccc(-n4c5ccccc5c5cc(-c6ccc7c(c6)c6ccccc6n7-c6ccccc6)ccc54)c3)cc2)cc1.c1ccc(-c2ccc(-n3c4ccccc4c4c(-c5cccc6c5c5ccccc5n6-c5cccc6sc7ccccc7c56)cccc43)cc2)cc1. The van der Waals surface area contributed by atoms with Crippen molar-refractivity contribution in [1.82, 2.24) is 18.3 Å². The third-order valence-electron chi connectivity index (χ3n) is 20.7. The largest absolute Gasteiger partial charge is 0.309 e. The van der Waals surface area contributed by atoms with E-state index < -0.39 is 0 Å². The minimum Gasteiger partial charge on any atom is -0.309 e. The molecule has 0 bridgehead atoms. The van der Waals surface area contributed by atoms with Gasteiger partial charge in [-0.1, -0.05) is 261 Å². The topological polar surface area (TPSA) is 19.7 Å². The number of fused-ring (bicyclic) bond motifs is 15. The molecule has 5 heteroatoms. The molecular weight excluding hydrogens is 1240 g/mol. The number of rotatable bonds is 9. The Kier molecular flexibility index (Phi) is 13.7. The zero-order valence-corrected chi connectivity index (χ0v) is 55.8. The van der Waals surface area contributed by atoms with E-state index in [0.717, 1.165) is 11.4 Å². The van der Waals surface area contributed by atoms with Crippen molar-refractivity contribution in [2.24, 2.45) is 0 Å². The third-order valence-corrected chi connectivity index (χ3v) is 21.8. The van der Waals surface area contributed by atoms with Gasteiger partial charge in [-0.2, -0.15) is 0 Å². The molecule has 0 fully saturated rings. The van der Waals surface area contributed by atoms with Crippen molar-refractivity contribution in [3.63, 3.8) is 0 Å². The maximum Gasteiger partial charge on any atom is 0.0555 e. The second-order valence-electron chi connectivity index (χ2n) is 26.3. The molecule has 101 heavy (non-hydrogen) atoms. The van der Waals surface area contributed by atoms with Crippen molar-refractivity contribution < 1.29 is 0 Å². The summed E-state index contributed by atoms with van der Waals surface area (Å²) in [5.74, 6) is 0. The fourth-order valence-corrected chi connectivity index (χ4v) is 17.3. The van der Waals surface area contributed by atoms with E-state index in [0.29, 0.717) is 0 Å². The first kappa shape index (κ1) is 58.1. The van der Waals surface area contributed by atoms with E-state index in [1.807, 2.05) is 11.3 Å². The molecule has 5 aromatic heterocycles. The summed E-state index contributed by atoms with van der Waals surface area (Å²) >= 11 is 1.87. The smallest absolute Gasteiger partial charge is 0.0555 e. The molecule has 472 valence electrons. The van der Waals surface area contributed by atoms with Crippen molar-refractivity contribution >= 4 is 119 Å². The molecule has 0 saturated carbocycles. The van der Waals surface area contributed by atoms with Crippen LogP contribution in [0.15, 0.2) is 376 Å².